The van der Waals surface area contributed by atoms with Crippen LogP contribution in [0.2, 0.25) is 5.02 Å². The third-order valence-electron chi connectivity index (χ3n) is 3.33. The molecule has 1 amide bonds. The minimum Gasteiger partial charge on any atom is -0.397 e. The van der Waals surface area contributed by atoms with Gasteiger partial charge in [-0.05, 0) is 30.3 Å². The predicted octanol–water partition coefficient (Wildman–Crippen LogP) is 4.24. The zero-order valence-corrected chi connectivity index (χ0v) is 12.9. The topological polar surface area (TPSA) is 68.0 Å². The number of hydrogen-bond donors (Lipinski definition) is 2. The maximum atomic E-state index is 12.3. The van der Waals surface area contributed by atoms with Crippen molar-refractivity contribution >= 4 is 28.9 Å². The second kappa shape index (κ2) is 6.50. The molecule has 1 heterocycles. The highest BCUT2D eigenvalue weighted by Crippen LogP contribution is 2.24. The minimum absolute atomic E-state index is 0.272. The highest BCUT2D eigenvalue weighted by Gasteiger charge is 2.11. The van der Waals surface area contributed by atoms with E-state index in [9.17, 15) is 4.79 Å². The van der Waals surface area contributed by atoms with Gasteiger partial charge in [0.2, 0.25) is 0 Å². The normalized spacial score (nSPS) is 10.3. The Hall–Kier alpha value is -2.85. The molecule has 0 aliphatic carbocycles. The van der Waals surface area contributed by atoms with E-state index in [1.807, 2.05) is 30.3 Å². The van der Waals surface area contributed by atoms with Crippen molar-refractivity contribution < 1.29 is 4.79 Å². The number of pyridine rings is 1. The lowest BCUT2D eigenvalue weighted by Gasteiger charge is -2.08. The van der Waals surface area contributed by atoms with E-state index >= 15 is 0 Å². The van der Waals surface area contributed by atoms with E-state index in [1.54, 1.807) is 30.3 Å². The Morgan fingerprint density at radius 2 is 1.74 bits per heavy atom. The molecule has 0 saturated carbocycles. The van der Waals surface area contributed by atoms with Gasteiger partial charge in [0.15, 0.2) is 0 Å². The number of nitrogen functional groups attached to an aromatic ring is 1. The molecule has 1 aromatic heterocycles. The van der Waals surface area contributed by atoms with E-state index in [1.165, 1.54) is 6.20 Å². The first kappa shape index (κ1) is 15.1. The molecule has 4 nitrogen and oxygen atoms in total. The number of hydrogen-bond acceptors (Lipinski definition) is 3. The lowest BCUT2D eigenvalue weighted by molar-refractivity contribution is 0.102. The first-order valence-corrected chi connectivity index (χ1v) is 7.39. The Labute approximate surface area is 138 Å². The van der Waals surface area contributed by atoms with Crippen LogP contribution in [0.3, 0.4) is 0 Å². The Balaban J connectivity index is 1.82. The van der Waals surface area contributed by atoms with Gasteiger partial charge in [0.25, 0.3) is 5.91 Å². The van der Waals surface area contributed by atoms with Crippen molar-refractivity contribution in [1.29, 1.82) is 0 Å². The van der Waals surface area contributed by atoms with Crippen molar-refractivity contribution in [3.63, 3.8) is 0 Å². The van der Waals surface area contributed by atoms with Gasteiger partial charge in [-0.1, -0.05) is 41.9 Å². The molecule has 0 spiro atoms. The van der Waals surface area contributed by atoms with Gasteiger partial charge in [0, 0.05) is 22.5 Å². The highest BCUT2D eigenvalue weighted by atomic mass is 35.5. The van der Waals surface area contributed by atoms with Crippen LogP contribution in [0, 0.1) is 0 Å². The molecule has 0 bridgehead atoms. The van der Waals surface area contributed by atoms with Gasteiger partial charge < -0.3 is 11.1 Å². The monoisotopic (exact) mass is 323 g/mol. The number of nitrogens with zero attached hydrogens (tertiary/aromatic N) is 1. The molecule has 0 unspecified atom stereocenters. The summed E-state index contributed by atoms with van der Waals surface area (Å²) in [4.78, 5) is 16.6. The third-order valence-corrected chi connectivity index (χ3v) is 3.58. The van der Waals surface area contributed by atoms with Gasteiger partial charge in [-0.15, -0.1) is 0 Å². The van der Waals surface area contributed by atoms with Crippen molar-refractivity contribution in [2.75, 3.05) is 11.1 Å². The number of carbonyl (C=O) groups excluding carboxylic acids is 1. The molecule has 0 fully saturated rings. The standard InChI is InChI=1S/C18H14ClN3O/c19-14-6-8-15(9-7-14)22-18(23)13-10-16(20)17(21-11-13)12-4-2-1-3-5-12/h1-11H,20H2,(H,22,23). The fraction of sp³-hybridized carbons (Fsp3) is 0. The summed E-state index contributed by atoms with van der Waals surface area (Å²) in [6.07, 6.45) is 1.52. The number of benzene rings is 2. The lowest BCUT2D eigenvalue weighted by atomic mass is 10.1. The van der Waals surface area contributed by atoms with Crippen LogP contribution < -0.4 is 11.1 Å². The molecule has 0 radical (unpaired) electrons. The number of halogens is 1. The Morgan fingerprint density at radius 1 is 1.04 bits per heavy atom. The molecular weight excluding hydrogens is 310 g/mol. The summed E-state index contributed by atoms with van der Waals surface area (Å²) in [5, 5.41) is 3.39. The second-order valence-electron chi connectivity index (χ2n) is 4.99. The molecule has 0 saturated heterocycles. The van der Waals surface area contributed by atoms with Crippen molar-refractivity contribution in [3.8, 4) is 11.3 Å². The molecule has 2 aromatic carbocycles. The molecule has 114 valence electrons. The van der Waals surface area contributed by atoms with Crippen LogP contribution in [0.1, 0.15) is 10.4 Å². The van der Waals surface area contributed by atoms with E-state index in [4.69, 9.17) is 17.3 Å². The molecule has 3 rings (SSSR count). The number of nitrogens with one attached hydrogen (secondary N) is 1. The highest BCUT2D eigenvalue weighted by molar-refractivity contribution is 6.30. The Kier molecular flexibility index (Phi) is 4.26. The zero-order chi connectivity index (χ0) is 16.2. The summed E-state index contributed by atoms with van der Waals surface area (Å²) >= 11 is 5.82. The lowest BCUT2D eigenvalue weighted by Crippen LogP contribution is -2.13. The largest absolute Gasteiger partial charge is 0.397 e. The van der Waals surface area contributed by atoms with Crippen molar-refractivity contribution in [2.45, 2.75) is 0 Å². The van der Waals surface area contributed by atoms with E-state index in [2.05, 4.69) is 10.3 Å². The van der Waals surface area contributed by atoms with Crippen LogP contribution in [0.25, 0.3) is 11.3 Å². The minimum atomic E-state index is -0.272. The van der Waals surface area contributed by atoms with Gasteiger partial charge in [0.1, 0.15) is 0 Å². The third kappa shape index (κ3) is 3.49. The smallest absolute Gasteiger partial charge is 0.257 e. The SMILES string of the molecule is Nc1cc(C(=O)Nc2ccc(Cl)cc2)cnc1-c1ccccc1. The first-order valence-electron chi connectivity index (χ1n) is 7.01. The molecule has 0 aliphatic heterocycles. The number of rotatable bonds is 3. The average molecular weight is 324 g/mol. The fourth-order valence-electron chi connectivity index (χ4n) is 2.18. The van der Waals surface area contributed by atoms with E-state index < -0.39 is 0 Å². The van der Waals surface area contributed by atoms with Crippen LogP contribution >= 0.6 is 11.6 Å². The van der Waals surface area contributed by atoms with Crippen LogP contribution in [0.15, 0.2) is 66.9 Å². The predicted molar refractivity (Wildman–Crippen MR) is 93.5 cm³/mol. The van der Waals surface area contributed by atoms with Gasteiger partial charge in [-0.3, -0.25) is 9.78 Å². The van der Waals surface area contributed by atoms with Crippen LogP contribution in [0.5, 0.6) is 0 Å². The zero-order valence-electron chi connectivity index (χ0n) is 12.2. The Bertz CT molecular complexity index is 833. The number of carbonyl (C=O) groups is 1. The number of aromatic nitrogens is 1. The van der Waals surface area contributed by atoms with Crippen LogP contribution in [-0.2, 0) is 0 Å². The molecule has 5 heteroatoms. The summed E-state index contributed by atoms with van der Waals surface area (Å²) < 4.78 is 0. The van der Waals surface area contributed by atoms with Crippen molar-refractivity contribution in [2.24, 2.45) is 0 Å². The van der Waals surface area contributed by atoms with E-state index in [-0.39, 0.29) is 5.91 Å². The summed E-state index contributed by atoms with van der Waals surface area (Å²) in [7, 11) is 0. The first-order chi connectivity index (χ1) is 11.1. The van der Waals surface area contributed by atoms with Gasteiger partial charge in [-0.25, -0.2) is 0 Å². The molecular formula is C18H14ClN3O. The van der Waals surface area contributed by atoms with Crippen LogP contribution in [0.4, 0.5) is 11.4 Å². The summed E-state index contributed by atoms with van der Waals surface area (Å²) in [6, 6.07) is 18.1. The van der Waals surface area contributed by atoms with Gasteiger partial charge >= 0.3 is 0 Å². The summed E-state index contributed by atoms with van der Waals surface area (Å²) in [5.74, 6) is -0.272. The maximum Gasteiger partial charge on any atom is 0.257 e. The van der Waals surface area contributed by atoms with Gasteiger partial charge in [0.05, 0.1) is 16.9 Å². The van der Waals surface area contributed by atoms with Crippen LogP contribution in [-0.4, -0.2) is 10.9 Å². The molecule has 3 aromatic rings. The van der Waals surface area contributed by atoms with E-state index in [0.29, 0.717) is 27.7 Å². The quantitative estimate of drug-likeness (QED) is 0.757. The van der Waals surface area contributed by atoms with Crippen molar-refractivity contribution in [1.82, 2.24) is 4.98 Å². The Morgan fingerprint density at radius 3 is 2.39 bits per heavy atom. The molecule has 3 N–H and O–H groups in total. The fourth-order valence-corrected chi connectivity index (χ4v) is 2.31. The van der Waals surface area contributed by atoms with Gasteiger partial charge in [-0.2, -0.15) is 0 Å². The van der Waals surface area contributed by atoms with Crippen molar-refractivity contribution in [3.05, 3.63) is 77.4 Å². The summed E-state index contributed by atoms with van der Waals surface area (Å²) in [6.45, 7) is 0. The maximum absolute atomic E-state index is 12.3. The molecule has 0 atom stereocenters. The van der Waals surface area contributed by atoms with E-state index in [0.717, 1.165) is 5.56 Å². The number of anilines is 2. The molecule has 0 aliphatic rings. The number of nitrogens with two attached hydrogens (primary N) is 1. The average Bonchev–Trinajstić information content (AvgIpc) is 2.57. The number of amides is 1. The summed E-state index contributed by atoms with van der Waals surface area (Å²) in [5.41, 5.74) is 9.13. The second-order valence-corrected chi connectivity index (χ2v) is 5.43. The molecule has 23 heavy (non-hydrogen) atoms.